The summed E-state index contributed by atoms with van der Waals surface area (Å²) in [6.45, 7) is 7.81. The number of nitrogen functional groups attached to an aromatic ring is 1. The number of hydrogen-bond donors (Lipinski definition) is 1. The number of ether oxygens (including phenoxy) is 2. The van der Waals surface area contributed by atoms with Crippen molar-refractivity contribution in [3.8, 4) is 0 Å². The van der Waals surface area contributed by atoms with E-state index in [-0.39, 0.29) is 23.5 Å². The predicted molar refractivity (Wildman–Crippen MR) is 114 cm³/mol. The molecule has 0 spiro atoms. The third kappa shape index (κ3) is 7.54. The first-order valence-corrected chi connectivity index (χ1v) is 9.64. The first kappa shape index (κ1) is 24.6. The first-order chi connectivity index (χ1) is 14.2. The molecule has 0 aliphatic rings. The molecule has 0 aromatic heterocycles. The van der Waals surface area contributed by atoms with Crippen LogP contribution >= 0.6 is 0 Å². The summed E-state index contributed by atoms with van der Waals surface area (Å²) in [5, 5.41) is 10.4. The van der Waals surface area contributed by atoms with Crippen LogP contribution in [0.5, 0.6) is 0 Å². The van der Waals surface area contributed by atoms with E-state index >= 15 is 0 Å². The molecule has 2 aromatic carbocycles. The monoisotopic (exact) mass is 416 g/mol. The summed E-state index contributed by atoms with van der Waals surface area (Å²) in [6, 6.07) is 13.2. The van der Waals surface area contributed by atoms with Gasteiger partial charge >= 0.3 is 11.9 Å². The van der Waals surface area contributed by atoms with Crippen LogP contribution in [0.4, 0.5) is 11.4 Å². The molecule has 2 aromatic rings. The molecule has 0 radical (unpaired) electrons. The molecule has 162 valence electrons. The number of esters is 2. The van der Waals surface area contributed by atoms with Crippen LogP contribution in [0, 0.1) is 10.1 Å². The second-order valence-corrected chi connectivity index (χ2v) is 6.46. The van der Waals surface area contributed by atoms with Crippen molar-refractivity contribution >= 4 is 23.3 Å². The maximum atomic E-state index is 11.4. The van der Waals surface area contributed by atoms with Crippen LogP contribution in [-0.4, -0.2) is 30.1 Å². The Morgan fingerprint density at radius 2 is 1.23 bits per heavy atom. The number of carbonyl (C=O) groups is 2. The van der Waals surface area contributed by atoms with Crippen molar-refractivity contribution in [2.45, 2.75) is 39.5 Å². The molecule has 0 amide bonds. The van der Waals surface area contributed by atoms with E-state index in [4.69, 9.17) is 15.2 Å². The highest BCUT2D eigenvalue weighted by molar-refractivity contribution is 5.78. The minimum absolute atomic E-state index is 0.0137. The molecule has 2 rings (SSSR count). The molecule has 0 aliphatic carbocycles. The van der Waals surface area contributed by atoms with Crippen molar-refractivity contribution in [2.24, 2.45) is 0 Å². The van der Waals surface area contributed by atoms with Crippen molar-refractivity contribution in [2.75, 3.05) is 18.9 Å². The van der Waals surface area contributed by atoms with Gasteiger partial charge in [0.15, 0.2) is 0 Å². The zero-order chi connectivity index (χ0) is 22.7. The molecule has 2 atom stereocenters. The van der Waals surface area contributed by atoms with Gasteiger partial charge in [0.05, 0.1) is 30.0 Å². The van der Waals surface area contributed by atoms with E-state index in [1.54, 1.807) is 45.0 Å². The lowest BCUT2D eigenvalue weighted by molar-refractivity contribution is -0.384. The maximum Gasteiger partial charge on any atom is 0.313 e. The zero-order valence-corrected chi connectivity index (χ0v) is 17.7. The standard InChI is InChI=1S/C11H13NO4.C11H15NO2/c1-3-16-11(13)8(2)9-4-6-10(7-5-9)12(14)15;1-3-14-11(13)8(2)9-4-6-10(12)7-5-9/h4-8H,3H2,1-2H3;4-8H,3,12H2,1-2H3. The Kier molecular flexibility index (Phi) is 10.0. The van der Waals surface area contributed by atoms with Crippen LogP contribution in [0.3, 0.4) is 0 Å². The average molecular weight is 416 g/mol. The topological polar surface area (TPSA) is 122 Å². The molecular weight excluding hydrogens is 388 g/mol. The van der Waals surface area contributed by atoms with E-state index in [1.807, 2.05) is 19.1 Å². The van der Waals surface area contributed by atoms with Gasteiger partial charge in [0.25, 0.3) is 5.69 Å². The summed E-state index contributed by atoms with van der Waals surface area (Å²) in [7, 11) is 0. The summed E-state index contributed by atoms with van der Waals surface area (Å²) in [6.07, 6.45) is 0. The third-order valence-electron chi connectivity index (χ3n) is 4.32. The average Bonchev–Trinajstić information content (AvgIpc) is 2.74. The van der Waals surface area contributed by atoms with Gasteiger partial charge < -0.3 is 15.2 Å². The highest BCUT2D eigenvalue weighted by Crippen LogP contribution is 2.20. The van der Waals surface area contributed by atoms with Gasteiger partial charge in [-0.05, 0) is 51.0 Å². The van der Waals surface area contributed by atoms with Crippen LogP contribution in [0.1, 0.15) is 50.7 Å². The van der Waals surface area contributed by atoms with Gasteiger partial charge in [-0.15, -0.1) is 0 Å². The summed E-state index contributed by atoms with van der Waals surface area (Å²) in [5.41, 5.74) is 7.90. The predicted octanol–water partition coefficient (Wildman–Crippen LogP) is 4.20. The van der Waals surface area contributed by atoms with Gasteiger partial charge in [-0.3, -0.25) is 19.7 Å². The minimum atomic E-state index is -0.473. The van der Waals surface area contributed by atoms with Crippen LogP contribution in [-0.2, 0) is 19.1 Å². The van der Waals surface area contributed by atoms with Crippen LogP contribution in [0.25, 0.3) is 0 Å². The fourth-order valence-corrected chi connectivity index (χ4v) is 2.48. The molecule has 0 bridgehead atoms. The van der Waals surface area contributed by atoms with Crippen molar-refractivity contribution in [3.63, 3.8) is 0 Å². The van der Waals surface area contributed by atoms with Gasteiger partial charge in [-0.25, -0.2) is 0 Å². The first-order valence-electron chi connectivity index (χ1n) is 9.64. The van der Waals surface area contributed by atoms with E-state index in [0.29, 0.717) is 24.5 Å². The lowest BCUT2D eigenvalue weighted by Crippen LogP contribution is -2.12. The van der Waals surface area contributed by atoms with Crippen molar-refractivity contribution in [3.05, 3.63) is 69.8 Å². The second kappa shape index (κ2) is 12.2. The van der Waals surface area contributed by atoms with Gasteiger partial charge in [0, 0.05) is 17.8 Å². The Balaban J connectivity index is 0.000000303. The van der Waals surface area contributed by atoms with Crippen molar-refractivity contribution in [1.82, 2.24) is 0 Å². The van der Waals surface area contributed by atoms with Gasteiger partial charge in [0.2, 0.25) is 0 Å². The molecule has 30 heavy (non-hydrogen) atoms. The number of benzene rings is 2. The molecule has 0 heterocycles. The van der Waals surface area contributed by atoms with E-state index in [1.165, 1.54) is 12.1 Å². The Bertz CT molecular complexity index is 834. The summed E-state index contributed by atoms with van der Waals surface area (Å²) >= 11 is 0. The summed E-state index contributed by atoms with van der Waals surface area (Å²) in [4.78, 5) is 32.7. The second-order valence-electron chi connectivity index (χ2n) is 6.46. The van der Waals surface area contributed by atoms with Crippen LogP contribution in [0.2, 0.25) is 0 Å². The van der Waals surface area contributed by atoms with E-state index < -0.39 is 10.8 Å². The number of anilines is 1. The summed E-state index contributed by atoms with van der Waals surface area (Å²) < 4.78 is 9.78. The van der Waals surface area contributed by atoms with Gasteiger partial charge in [0.1, 0.15) is 0 Å². The van der Waals surface area contributed by atoms with Gasteiger partial charge in [-0.2, -0.15) is 0 Å². The maximum absolute atomic E-state index is 11.4. The number of rotatable bonds is 7. The molecular formula is C22H28N2O6. The molecule has 0 saturated heterocycles. The molecule has 0 saturated carbocycles. The third-order valence-corrected chi connectivity index (χ3v) is 4.32. The van der Waals surface area contributed by atoms with E-state index in [9.17, 15) is 19.7 Å². The van der Waals surface area contributed by atoms with Crippen LogP contribution < -0.4 is 5.73 Å². The smallest absolute Gasteiger partial charge is 0.313 e. The van der Waals surface area contributed by atoms with Crippen LogP contribution in [0.15, 0.2) is 48.5 Å². The van der Waals surface area contributed by atoms with Crippen molar-refractivity contribution < 1.29 is 24.0 Å². The zero-order valence-electron chi connectivity index (χ0n) is 17.7. The molecule has 2 N–H and O–H groups in total. The fourth-order valence-electron chi connectivity index (χ4n) is 2.48. The Hall–Kier alpha value is -3.42. The minimum Gasteiger partial charge on any atom is -0.466 e. The number of nitro benzene ring substituents is 1. The Morgan fingerprint density at radius 1 is 0.867 bits per heavy atom. The number of nitro groups is 1. The van der Waals surface area contributed by atoms with Crippen molar-refractivity contribution in [1.29, 1.82) is 0 Å². The van der Waals surface area contributed by atoms with E-state index in [2.05, 4.69) is 0 Å². The fraction of sp³-hybridized carbons (Fsp3) is 0.364. The van der Waals surface area contributed by atoms with E-state index in [0.717, 1.165) is 5.56 Å². The number of nitrogens with two attached hydrogens (primary N) is 1. The Labute approximate surface area is 176 Å². The number of carbonyl (C=O) groups excluding carboxylic acids is 2. The highest BCUT2D eigenvalue weighted by atomic mass is 16.6. The van der Waals surface area contributed by atoms with Gasteiger partial charge in [-0.1, -0.05) is 24.3 Å². The molecule has 8 nitrogen and oxygen atoms in total. The number of non-ortho nitro benzene ring substituents is 1. The summed E-state index contributed by atoms with van der Waals surface area (Å²) in [5.74, 6) is -1.15. The number of hydrogen-bond acceptors (Lipinski definition) is 7. The lowest BCUT2D eigenvalue weighted by Gasteiger charge is -2.10. The molecule has 0 aliphatic heterocycles. The normalized spacial score (nSPS) is 12.0. The molecule has 2 unspecified atom stereocenters. The lowest BCUT2D eigenvalue weighted by atomic mass is 10.0. The largest absolute Gasteiger partial charge is 0.466 e. The number of nitrogens with zero attached hydrogens (tertiary/aromatic N) is 1. The quantitative estimate of drug-likeness (QED) is 0.311. The highest BCUT2D eigenvalue weighted by Gasteiger charge is 2.17. The molecule has 0 fully saturated rings. The Morgan fingerprint density at radius 3 is 1.57 bits per heavy atom. The SMILES string of the molecule is CCOC(=O)C(C)c1ccc(N)cc1.CCOC(=O)C(C)c1ccc([N+](=O)[O-])cc1. The molecule has 8 heteroatoms.